The van der Waals surface area contributed by atoms with Crippen LogP contribution in [0.15, 0.2) is 18.2 Å². The fraction of sp³-hybridized carbons (Fsp3) is 0.529. The maximum absolute atomic E-state index is 11.9. The van der Waals surface area contributed by atoms with E-state index in [2.05, 4.69) is 9.55 Å². The van der Waals surface area contributed by atoms with Crippen molar-refractivity contribution in [2.75, 3.05) is 37.0 Å². The van der Waals surface area contributed by atoms with E-state index in [0.717, 1.165) is 55.7 Å². The number of nitrogens with two attached hydrogens (primary N) is 1. The summed E-state index contributed by atoms with van der Waals surface area (Å²) in [5, 5.41) is 0. The highest BCUT2D eigenvalue weighted by molar-refractivity contribution is 5.92. The van der Waals surface area contributed by atoms with Gasteiger partial charge in [0.25, 0.3) is 0 Å². The van der Waals surface area contributed by atoms with Gasteiger partial charge in [-0.25, -0.2) is 9.78 Å². The summed E-state index contributed by atoms with van der Waals surface area (Å²) in [5.41, 5.74) is 8.77. The molecule has 3 heterocycles. The quantitative estimate of drug-likeness (QED) is 0.934. The summed E-state index contributed by atoms with van der Waals surface area (Å²) in [4.78, 5) is 18.0. The first-order chi connectivity index (χ1) is 11.7. The zero-order valence-corrected chi connectivity index (χ0v) is 13.6. The number of nitrogens with zero attached hydrogens (tertiary/aromatic N) is 3. The van der Waals surface area contributed by atoms with Crippen molar-refractivity contribution in [2.24, 2.45) is 5.92 Å². The van der Waals surface area contributed by atoms with Gasteiger partial charge in [-0.15, -0.1) is 0 Å². The van der Waals surface area contributed by atoms with Gasteiger partial charge in [0.2, 0.25) is 5.95 Å². The minimum Gasteiger partial charge on any atom is -0.449 e. The van der Waals surface area contributed by atoms with E-state index < -0.39 is 0 Å². The molecule has 128 valence electrons. The van der Waals surface area contributed by atoms with E-state index in [0.29, 0.717) is 25.0 Å². The monoisotopic (exact) mass is 330 g/mol. The van der Waals surface area contributed by atoms with E-state index in [1.165, 1.54) is 0 Å². The lowest BCUT2D eigenvalue weighted by molar-refractivity contribution is 0.0618. The lowest BCUT2D eigenvalue weighted by atomic mass is 10.0. The van der Waals surface area contributed by atoms with Crippen molar-refractivity contribution in [3.63, 3.8) is 0 Å². The molecule has 0 spiro atoms. The molecule has 1 aromatic heterocycles. The normalized spacial score (nSPS) is 19.7. The number of fused-ring (bicyclic) bond motifs is 1. The van der Waals surface area contributed by atoms with Gasteiger partial charge >= 0.3 is 6.09 Å². The average Bonchev–Trinajstić information content (AvgIpc) is 2.91. The molecule has 1 amide bonds. The number of hydrogen-bond acceptors (Lipinski definition) is 5. The molecule has 0 atom stereocenters. The molecule has 4 rings (SSSR count). The Bertz CT molecular complexity index is 752. The molecule has 2 N–H and O–H groups in total. The van der Waals surface area contributed by atoms with Crippen LogP contribution < -0.4 is 10.6 Å². The van der Waals surface area contributed by atoms with Crippen LogP contribution in [0.5, 0.6) is 0 Å². The number of amides is 1. The van der Waals surface area contributed by atoms with Crippen molar-refractivity contribution in [2.45, 2.75) is 25.8 Å². The smallest absolute Gasteiger partial charge is 0.414 e. The van der Waals surface area contributed by atoms with Crippen molar-refractivity contribution in [1.29, 1.82) is 0 Å². The summed E-state index contributed by atoms with van der Waals surface area (Å²) >= 11 is 0. The van der Waals surface area contributed by atoms with E-state index in [1.54, 1.807) is 4.90 Å². The van der Waals surface area contributed by atoms with Crippen LogP contribution in [0.3, 0.4) is 0 Å². The number of carbonyl (C=O) groups excluding carboxylic acids is 1. The number of carbonyl (C=O) groups is 1. The molecule has 7 heteroatoms. The van der Waals surface area contributed by atoms with Gasteiger partial charge in [0.05, 0.1) is 17.6 Å². The zero-order valence-electron chi connectivity index (χ0n) is 13.6. The zero-order chi connectivity index (χ0) is 16.5. The summed E-state index contributed by atoms with van der Waals surface area (Å²) in [6, 6.07) is 5.85. The largest absolute Gasteiger partial charge is 0.449 e. The van der Waals surface area contributed by atoms with Crippen LogP contribution in [0.1, 0.15) is 19.3 Å². The molecule has 24 heavy (non-hydrogen) atoms. The molecular weight excluding hydrogens is 308 g/mol. The number of cyclic esters (lactones) is 1. The first-order valence-electron chi connectivity index (χ1n) is 8.50. The second-order valence-corrected chi connectivity index (χ2v) is 6.43. The second kappa shape index (κ2) is 6.32. The van der Waals surface area contributed by atoms with Crippen LogP contribution in [-0.4, -0.2) is 42.0 Å². The molecule has 2 aliphatic heterocycles. The van der Waals surface area contributed by atoms with Crippen LogP contribution >= 0.6 is 0 Å². The van der Waals surface area contributed by atoms with E-state index in [4.69, 9.17) is 15.2 Å². The van der Waals surface area contributed by atoms with Crippen LogP contribution in [0.25, 0.3) is 11.0 Å². The molecule has 2 fully saturated rings. The maximum atomic E-state index is 11.9. The van der Waals surface area contributed by atoms with Gasteiger partial charge in [-0.05, 0) is 43.4 Å². The molecule has 2 aliphatic rings. The molecule has 2 saturated heterocycles. The Labute approximate surface area is 140 Å². The average molecular weight is 330 g/mol. The molecule has 0 radical (unpaired) electrons. The Kier molecular flexibility index (Phi) is 4.02. The SMILES string of the molecule is Nc1nc2cc(N3CCCOC3=O)ccc2n1CC1CCOCC1. The van der Waals surface area contributed by atoms with Crippen molar-refractivity contribution >= 4 is 28.8 Å². The second-order valence-electron chi connectivity index (χ2n) is 6.43. The Hall–Kier alpha value is -2.28. The number of nitrogen functional groups attached to an aromatic ring is 1. The molecular formula is C17H22N4O3. The van der Waals surface area contributed by atoms with E-state index in [-0.39, 0.29) is 6.09 Å². The fourth-order valence-electron chi connectivity index (χ4n) is 3.47. The van der Waals surface area contributed by atoms with E-state index in [9.17, 15) is 4.79 Å². The molecule has 0 unspecified atom stereocenters. The minimum absolute atomic E-state index is 0.296. The highest BCUT2D eigenvalue weighted by Gasteiger charge is 2.23. The minimum atomic E-state index is -0.296. The number of ether oxygens (including phenoxy) is 2. The predicted octanol–water partition coefficient (Wildman–Crippen LogP) is 2.39. The van der Waals surface area contributed by atoms with Gasteiger partial charge in [0, 0.05) is 32.0 Å². The summed E-state index contributed by atoms with van der Waals surface area (Å²) in [5.74, 6) is 1.09. The van der Waals surface area contributed by atoms with Gasteiger partial charge in [-0.3, -0.25) is 4.90 Å². The lowest BCUT2D eigenvalue weighted by Gasteiger charge is -2.26. The molecule has 1 aromatic carbocycles. The fourth-order valence-corrected chi connectivity index (χ4v) is 3.47. The predicted molar refractivity (Wildman–Crippen MR) is 91.0 cm³/mol. The first kappa shape index (κ1) is 15.3. The highest BCUT2D eigenvalue weighted by Crippen LogP contribution is 2.28. The number of imidazole rings is 1. The number of anilines is 2. The molecule has 0 saturated carbocycles. The summed E-state index contributed by atoms with van der Waals surface area (Å²) < 4.78 is 12.6. The summed E-state index contributed by atoms with van der Waals surface area (Å²) in [7, 11) is 0. The van der Waals surface area contributed by atoms with Crippen molar-refractivity contribution in [1.82, 2.24) is 9.55 Å². The standard InChI is InChI=1S/C17H22N4O3/c18-16-19-14-10-13(20-6-1-7-24-17(20)22)2-3-15(14)21(16)11-12-4-8-23-9-5-12/h2-3,10,12H,1,4-9,11H2,(H2,18,19). The summed E-state index contributed by atoms with van der Waals surface area (Å²) in [6.45, 7) is 3.65. The van der Waals surface area contributed by atoms with Gasteiger partial charge in [0.1, 0.15) is 0 Å². The van der Waals surface area contributed by atoms with Gasteiger partial charge in [0.15, 0.2) is 0 Å². The van der Waals surface area contributed by atoms with Crippen LogP contribution in [-0.2, 0) is 16.0 Å². The van der Waals surface area contributed by atoms with Crippen molar-refractivity contribution < 1.29 is 14.3 Å². The lowest BCUT2D eigenvalue weighted by Crippen LogP contribution is -2.37. The molecule has 0 bridgehead atoms. The van der Waals surface area contributed by atoms with Gasteiger partial charge in [-0.2, -0.15) is 0 Å². The van der Waals surface area contributed by atoms with Gasteiger partial charge in [-0.1, -0.05) is 0 Å². The first-order valence-corrected chi connectivity index (χ1v) is 8.50. The number of benzene rings is 1. The highest BCUT2D eigenvalue weighted by atomic mass is 16.6. The van der Waals surface area contributed by atoms with Gasteiger partial charge < -0.3 is 19.8 Å². The number of hydrogen-bond donors (Lipinski definition) is 1. The van der Waals surface area contributed by atoms with Crippen molar-refractivity contribution in [3.05, 3.63) is 18.2 Å². The van der Waals surface area contributed by atoms with E-state index in [1.807, 2.05) is 18.2 Å². The molecule has 2 aromatic rings. The molecule has 7 nitrogen and oxygen atoms in total. The topological polar surface area (TPSA) is 82.6 Å². The number of rotatable bonds is 3. The summed E-state index contributed by atoms with van der Waals surface area (Å²) in [6.07, 6.45) is 2.65. The third-order valence-corrected chi connectivity index (χ3v) is 4.83. The maximum Gasteiger partial charge on any atom is 0.414 e. The van der Waals surface area contributed by atoms with Crippen molar-refractivity contribution in [3.8, 4) is 0 Å². The van der Waals surface area contributed by atoms with E-state index >= 15 is 0 Å². The molecule has 0 aliphatic carbocycles. The van der Waals surface area contributed by atoms with Crippen LogP contribution in [0, 0.1) is 5.92 Å². The number of aromatic nitrogens is 2. The van der Waals surface area contributed by atoms with Crippen LogP contribution in [0.4, 0.5) is 16.4 Å². The van der Waals surface area contributed by atoms with Crippen LogP contribution in [0.2, 0.25) is 0 Å². The Morgan fingerprint density at radius 1 is 1.25 bits per heavy atom. The Morgan fingerprint density at radius 2 is 2.08 bits per heavy atom. The third-order valence-electron chi connectivity index (χ3n) is 4.83. The Morgan fingerprint density at radius 3 is 2.88 bits per heavy atom. The third kappa shape index (κ3) is 2.80. The Balaban J connectivity index is 1.62.